The molecule has 0 fully saturated rings. The molecular formula is C13H15BrClN3O. The molecule has 0 aliphatic rings. The summed E-state index contributed by atoms with van der Waals surface area (Å²) in [5.41, 5.74) is 0.832. The molecule has 0 saturated carbocycles. The molecule has 0 amide bonds. The number of hydrogen-bond acceptors (Lipinski definition) is 4. The number of benzene rings is 1. The van der Waals surface area contributed by atoms with Crippen LogP contribution in [-0.4, -0.2) is 23.3 Å². The largest absolute Gasteiger partial charge is 0.421 e. The van der Waals surface area contributed by atoms with Gasteiger partial charge in [0.05, 0.1) is 5.02 Å². The highest BCUT2D eigenvalue weighted by molar-refractivity contribution is 9.10. The predicted molar refractivity (Wildman–Crippen MR) is 79.3 cm³/mol. The Morgan fingerprint density at radius 1 is 1.37 bits per heavy atom. The topological polar surface area (TPSA) is 51.0 Å². The molecule has 0 aliphatic heterocycles. The van der Waals surface area contributed by atoms with Gasteiger partial charge in [-0.25, -0.2) is 0 Å². The van der Waals surface area contributed by atoms with Crippen LogP contribution in [0.3, 0.4) is 0 Å². The standard InChI is InChI=1S/C13H15BrClN3O/c1-2-16-7-3-4-12-17-18-13(19-12)9-5-6-10(14)11(15)8-9/h5-6,8,16H,2-4,7H2,1H3. The summed E-state index contributed by atoms with van der Waals surface area (Å²) in [5, 5.41) is 12.0. The van der Waals surface area contributed by atoms with E-state index in [0.717, 1.165) is 36.0 Å². The predicted octanol–water partition coefficient (Wildman–Crippen LogP) is 3.69. The van der Waals surface area contributed by atoms with E-state index in [4.69, 9.17) is 16.0 Å². The van der Waals surface area contributed by atoms with Gasteiger partial charge in [0.15, 0.2) is 0 Å². The van der Waals surface area contributed by atoms with Crippen molar-refractivity contribution in [3.05, 3.63) is 33.6 Å². The maximum Gasteiger partial charge on any atom is 0.247 e. The van der Waals surface area contributed by atoms with Crippen molar-refractivity contribution in [1.82, 2.24) is 15.5 Å². The highest BCUT2D eigenvalue weighted by Gasteiger charge is 2.09. The molecule has 0 radical (unpaired) electrons. The summed E-state index contributed by atoms with van der Waals surface area (Å²) in [6.07, 6.45) is 1.76. The Hall–Kier alpha value is -0.910. The minimum absolute atomic E-state index is 0.507. The van der Waals surface area contributed by atoms with E-state index in [-0.39, 0.29) is 0 Å². The molecule has 19 heavy (non-hydrogen) atoms. The smallest absolute Gasteiger partial charge is 0.247 e. The molecule has 0 aliphatic carbocycles. The third kappa shape index (κ3) is 4.03. The number of nitrogens with one attached hydrogen (secondary N) is 1. The van der Waals surface area contributed by atoms with Gasteiger partial charge in [-0.2, -0.15) is 0 Å². The Morgan fingerprint density at radius 2 is 2.21 bits per heavy atom. The fourth-order valence-corrected chi connectivity index (χ4v) is 2.07. The van der Waals surface area contributed by atoms with Gasteiger partial charge in [-0.05, 0) is 53.6 Å². The van der Waals surface area contributed by atoms with Crippen molar-refractivity contribution in [3.63, 3.8) is 0 Å². The average Bonchev–Trinajstić information content (AvgIpc) is 2.87. The molecule has 6 heteroatoms. The molecular weight excluding hydrogens is 330 g/mol. The van der Waals surface area contributed by atoms with E-state index in [9.17, 15) is 0 Å². The minimum Gasteiger partial charge on any atom is -0.421 e. The third-order valence-corrected chi connectivity index (χ3v) is 3.86. The van der Waals surface area contributed by atoms with Crippen LogP contribution in [0.1, 0.15) is 19.2 Å². The van der Waals surface area contributed by atoms with Gasteiger partial charge in [-0.15, -0.1) is 10.2 Å². The van der Waals surface area contributed by atoms with Crippen molar-refractivity contribution in [2.24, 2.45) is 0 Å². The van der Waals surface area contributed by atoms with Gasteiger partial charge in [0.1, 0.15) is 0 Å². The highest BCUT2D eigenvalue weighted by Crippen LogP contribution is 2.28. The minimum atomic E-state index is 0.507. The van der Waals surface area contributed by atoms with Gasteiger partial charge in [-0.1, -0.05) is 18.5 Å². The Bertz CT molecular complexity index is 544. The van der Waals surface area contributed by atoms with E-state index in [1.54, 1.807) is 0 Å². The van der Waals surface area contributed by atoms with E-state index < -0.39 is 0 Å². The van der Waals surface area contributed by atoms with Crippen LogP contribution in [0.5, 0.6) is 0 Å². The van der Waals surface area contributed by atoms with E-state index in [1.165, 1.54) is 0 Å². The first-order chi connectivity index (χ1) is 9.20. The van der Waals surface area contributed by atoms with E-state index in [1.807, 2.05) is 18.2 Å². The van der Waals surface area contributed by atoms with Crippen LogP contribution in [0.2, 0.25) is 5.02 Å². The molecule has 0 saturated heterocycles. The zero-order valence-corrected chi connectivity index (χ0v) is 13.0. The van der Waals surface area contributed by atoms with Crippen LogP contribution in [0.15, 0.2) is 27.1 Å². The highest BCUT2D eigenvalue weighted by atomic mass is 79.9. The number of aromatic nitrogens is 2. The van der Waals surface area contributed by atoms with Crippen molar-refractivity contribution in [2.75, 3.05) is 13.1 Å². The molecule has 0 bridgehead atoms. The van der Waals surface area contributed by atoms with E-state index in [2.05, 4.69) is 38.4 Å². The van der Waals surface area contributed by atoms with Crippen molar-refractivity contribution < 1.29 is 4.42 Å². The Balaban J connectivity index is 2.01. The number of halogens is 2. The van der Waals surface area contributed by atoms with Gasteiger partial charge >= 0.3 is 0 Å². The fourth-order valence-electron chi connectivity index (χ4n) is 1.64. The molecule has 1 aromatic carbocycles. The van der Waals surface area contributed by atoms with Gasteiger partial charge in [0.2, 0.25) is 11.8 Å². The van der Waals surface area contributed by atoms with Crippen molar-refractivity contribution in [2.45, 2.75) is 19.8 Å². The molecule has 0 spiro atoms. The number of hydrogen-bond donors (Lipinski definition) is 1. The van der Waals surface area contributed by atoms with E-state index >= 15 is 0 Å². The lowest BCUT2D eigenvalue weighted by molar-refractivity contribution is 0.492. The van der Waals surface area contributed by atoms with Crippen LogP contribution < -0.4 is 5.32 Å². The Morgan fingerprint density at radius 3 is 2.95 bits per heavy atom. The van der Waals surface area contributed by atoms with Crippen LogP contribution in [0.4, 0.5) is 0 Å². The van der Waals surface area contributed by atoms with Crippen LogP contribution in [0.25, 0.3) is 11.5 Å². The van der Waals surface area contributed by atoms with E-state index in [0.29, 0.717) is 16.8 Å². The second-order valence-electron chi connectivity index (χ2n) is 4.09. The molecule has 1 aromatic heterocycles. The Kier molecular flexibility index (Phi) is 5.36. The lowest BCUT2D eigenvalue weighted by Gasteiger charge is -1.99. The first-order valence-electron chi connectivity index (χ1n) is 6.19. The first-order valence-corrected chi connectivity index (χ1v) is 7.36. The number of aryl methyl sites for hydroxylation is 1. The number of nitrogens with zero attached hydrogens (tertiary/aromatic N) is 2. The normalized spacial score (nSPS) is 10.9. The molecule has 2 rings (SSSR count). The summed E-state index contributed by atoms with van der Waals surface area (Å²) in [6, 6.07) is 5.57. The zero-order chi connectivity index (χ0) is 13.7. The summed E-state index contributed by atoms with van der Waals surface area (Å²) in [4.78, 5) is 0. The van der Waals surface area contributed by atoms with Crippen molar-refractivity contribution in [1.29, 1.82) is 0 Å². The van der Waals surface area contributed by atoms with Gasteiger partial charge in [0, 0.05) is 16.5 Å². The summed E-state index contributed by atoms with van der Waals surface area (Å²) in [5.74, 6) is 1.17. The quantitative estimate of drug-likeness (QED) is 0.812. The van der Waals surface area contributed by atoms with Crippen molar-refractivity contribution in [3.8, 4) is 11.5 Å². The molecule has 0 unspecified atom stereocenters. The van der Waals surface area contributed by atoms with Crippen LogP contribution >= 0.6 is 27.5 Å². The summed E-state index contributed by atoms with van der Waals surface area (Å²) >= 11 is 9.39. The Labute approximate surface area is 125 Å². The third-order valence-electron chi connectivity index (χ3n) is 2.63. The van der Waals surface area contributed by atoms with Crippen LogP contribution in [0, 0.1) is 0 Å². The second-order valence-corrected chi connectivity index (χ2v) is 5.35. The summed E-state index contributed by atoms with van der Waals surface area (Å²) in [6.45, 7) is 4.02. The number of rotatable bonds is 6. The molecule has 0 atom stereocenters. The first kappa shape index (κ1) is 14.5. The second kappa shape index (κ2) is 7.03. The van der Waals surface area contributed by atoms with Gasteiger partial charge in [-0.3, -0.25) is 0 Å². The van der Waals surface area contributed by atoms with Crippen LogP contribution in [-0.2, 0) is 6.42 Å². The van der Waals surface area contributed by atoms with Crippen molar-refractivity contribution >= 4 is 27.5 Å². The van der Waals surface area contributed by atoms with Gasteiger partial charge in [0.25, 0.3) is 0 Å². The molecule has 4 nitrogen and oxygen atoms in total. The summed E-state index contributed by atoms with van der Waals surface area (Å²) < 4.78 is 6.47. The molecule has 2 aromatic rings. The fraction of sp³-hybridized carbons (Fsp3) is 0.385. The molecule has 102 valence electrons. The zero-order valence-electron chi connectivity index (χ0n) is 10.6. The molecule has 1 N–H and O–H groups in total. The lowest BCUT2D eigenvalue weighted by Crippen LogP contribution is -2.14. The summed E-state index contributed by atoms with van der Waals surface area (Å²) in [7, 11) is 0. The maximum absolute atomic E-state index is 6.04. The monoisotopic (exact) mass is 343 g/mol. The maximum atomic E-state index is 6.04. The molecule has 1 heterocycles. The SMILES string of the molecule is CCNCCCc1nnc(-c2ccc(Br)c(Cl)c2)o1. The average molecular weight is 345 g/mol. The van der Waals surface area contributed by atoms with Gasteiger partial charge < -0.3 is 9.73 Å². The lowest BCUT2D eigenvalue weighted by atomic mass is 10.2.